The van der Waals surface area contributed by atoms with Crippen LogP contribution < -0.4 is 0 Å². The summed E-state index contributed by atoms with van der Waals surface area (Å²) in [6, 6.07) is 52.9. The lowest BCUT2D eigenvalue weighted by molar-refractivity contribution is 0.591. The van der Waals surface area contributed by atoms with Crippen LogP contribution in [0.25, 0.3) is 92.7 Å². The number of fused-ring (bicyclic) bond motifs is 7. The summed E-state index contributed by atoms with van der Waals surface area (Å²) in [6.45, 7) is 14.0. The first-order chi connectivity index (χ1) is 24.6. The molecule has 10 rings (SSSR count). The summed E-state index contributed by atoms with van der Waals surface area (Å²) in [6.07, 6.45) is 0. The molecule has 1 nitrogen and oxygen atoms in total. The van der Waals surface area contributed by atoms with Gasteiger partial charge in [0.2, 0.25) is 0 Å². The third-order valence-electron chi connectivity index (χ3n) is 11.3. The maximum absolute atomic E-state index is 2.62. The van der Waals surface area contributed by atoms with Gasteiger partial charge in [-0.05, 0) is 90.0 Å². The Balaban J connectivity index is 1.52. The molecular weight excluding hydrogens is 615 g/mol. The minimum atomic E-state index is -0.00420. The van der Waals surface area contributed by atoms with Gasteiger partial charge in [0.05, 0.1) is 16.6 Å². The van der Waals surface area contributed by atoms with Gasteiger partial charge in [-0.15, -0.1) is 0 Å². The van der Waals surface area contributed by atoms with Crippen LogP contribution in [0.5, 0.6) is 0 Å². The fourth-order valence-electron chi connectivity index (χ4n) is 9.12. The van der Waals surface area contributed by atoms with Crippen molar-refractivity contribution in [2.45, 2.75) is 52.4 Å². The molecule has 246 valence electrons. The van der Waals surface area contributed by atoms with Crippen molar-refractivity contribution in [3.8, 4) is 22.3 Å². The van der Waals surface area contributed by atoms with Crippen molar-refractivity contribution in [3.63, 3.8) is 0 Å². The average Bonchev–Trinajstić information content (AvgIpc) is 3.66. The van der Waals surface area contributed by atoms with Crippen LogP contribution in [0, 0.1) is 0 Å². The first-order valence-electron chi connectivity index (χ1n) is 18.3. The van der Waals surface area contributed by atoms with E-state index in [1.807, 2.05) is 0 Å². The van der Waals surface area contributed by atoms with E-state index in [-0.39, 0.29) is 10.8 Å². The van der Waals surface area contributed by atoms with E-state index in [1.165, 1.54) is 104 Å². The monoisotopic (exact) mass is 655 g/mol. The summed E-state index contributed by atoms with van der Waals surface area (Å²) in [4.78, 5) is 0. The predicted octanol–water partition coefficient (Wildman–Crippen LogP) is 14.2. The first kappa shape index (κ1) is 30.2. The second-order valence-electron chi connectivity index (χ2n) is 16.6. The second-order valence-corrected chi connectivity index (χ2v) is 16.6. The molecule has 0 spiro atoms. The van der Waals surface area contributed by atoms with E-state index in [2.05, 4.69) is 185 Å². The van der Waals surface area contributed by atoms with Crippen LogP contribution in [0.4, 0.5) is 0 Å². The zero-order valence-corrected chi connectivity index (χ0v) is 30.2. The molecule has 0 aliphatic carbocycles. The van der Waals surface area contributed by atoms with E-state index in [0.29, 0.717) is 0 Å². The lowest BCUT2D eigenvalue weighted by Crippen LogP contribution is -2.12. The van der Waals surface area contributed by atoms with Gasteiger partial charge in [-0.2, -0.15) is 0 Å². The maximum Gasteiger partial charge on any atom is 0.0621 e. The number of benzene rings is 7. The fourth-order valence-corrected chi connectivity index (χ4v) is 9.12. The van der Waals surface area contributed by atoms with Crippen molar-refractivity contribution in [2.24, 2.45) is 0 Å². The SMILES string of the molecule is CC(C)(C)c1ccccc1-c1cc2c3ccccc3c3ccccc3c3cccc4c5cc(-c6ccccc6C(C)(C)C)cc6c(c1)c2n(c34)c56. The number of hydrogen-bond donors (Lipinski definition) is 0. The van der Waals surface area contributed by atoms with Gasteiger partial charge in [-0.3, -0.25) is 0 Å². The molecular formula is C50H41N. The van der Waals surface area contributed by atoms with E-state index >= 15 is 0 Å². The van der Waals surface area contributed by atoms with Gasteiger partial charge in [-0.1, -0.05) is 157 Å². The smallest absolute Gasteiger partial charge is 0.0621 e. The Labute approximate surface area is 299 Å². The van der Waals surface area contributed by atoms with Gasteiger partial charge in [-0.25, -0.2) is 0 Å². The molecule has 7 aromatic carbocycles. The molecule has 0 saturated carbocycles. The molecule has 0 aliphatic heterocycles. The standard InChI is InChI=1S/C50H41N/c1-49(2,3)44-24-13-11-16-32(44)30-26-40-37-21-10-8-19-35(37)34-18-7-9-20-36(34)38-22-15-23-39-41-27-31(33-17-12-14-25-45(33)50(4,5)6)29-43-42(28-30)47(40)51(46(38)39)48(41)43/h7-29H,1-6H3. The number of aromatic nitrogens is 1. The molecule has 51 heavy (non-hydrogen) atoms. The zero-order valence-electron chi connectivity index (χ0n) is 30.2. The van der Waals surface area contributed by atoms with Crippen LogP contribution in [0.1, 0.15) is 52.7 Å². The Hall–Kier alpha value is -5.66. The minimum absolute atomic E-state index is 0.00420. The van der Waals surface area contributed by atoms with E-state index in [1.54, 1.807) is 0 Å². The van der Waals surface area contributed by atoms with Gasteiger partial charge >= 0.3 is 0 Å². The topological polar surface area (TPSA) is 4.41 Å². The van der Waals surface area contributed by atoms with Crippen molar-refractivity contribution in [1.29, 1.82) is 0 Å². The zero-order chi connectivity index (χ0) is 34.8. The van der Waals surface area contributed by atoms with Crippen LogP contribution in [0.3, 0.4) is 0 Å². The fraction of sp³-hybridized carbons (Fsp3) is 0.160. The third-order valence-corrected chi connectivity index (χ3v) is 11.3. The summed E-state index contributed by atoms with van der Waals surface area (Å²) >= 11 is 0. The Morgan fingerprint density at radius 3 is 1.06 bits per heavy atom. The summed E-state index contributed by atoms with van der Waals surface area (Å²) in [5.41, 5.74) is 11.8. The molecule has 0 radical (unpaired) electrons. The molecule has 0 N–H and O–H groups in total. The van der Waals surface area contributed by atoms with Gasteiger partial charge in [0.1, 0.15) is 0 Å². The molecule has 3 heterocycles. The Morgan fingerprint density at radius 1 is 0.314 bits per heavy atom. The van der Waals surface area contributed by atoms with E-state index in [0.717, 1.165) is 0 Å². The highest BCUT2D eigenvalue weighted by Crippen LogP contribution is 2.48. The van der Waals surface area contributed by atoms with Crippen LogP contribution in [-0.4, -0.2) is 4.40 Å². The largest absolute Gasteiger partial charge is 0.307 e. The summed E-state index contributed by atoms with van der Waals surface area (Å²) in [7, 11) is 0. The van der Waals surface area contributed by atoms with E-state index in [4.69, 9.17) is 0 Å². The summed E-state index contributed by atoms with van der Waals surface area (Å²) in [5.74, 6) is 0. The summed E-state index contributed by atoms with van der Waals surface area (Å²) < 4.78 is 2.62. The third kappa shape index (κ3) is 4.28. The summed E-state index contributed by atoms with van der Waals surface area (Å²) in [5, 5.41) is 12.9. The van der Waals surface area contributed by atoms with Gasteiger partial charge in [0, 0.05) is 32.3 Å². The average molecular weight is 656 g/mol. The second kappa shape index (κ2) is 10.4. The van der Waals surface area contributed by atoms with Crippen molar-refractivity contribution in [2.75, 3.05) is 0 Å². The first-order valence-corrected chi connectivity index (χ1v) is 18.3. The molecule has 1 heteroatoms. The number of nitrogens with zero attached hydrogens (tertiary/aromatic N) is 1. The molecule has 10 aromatic rings. The highest BCUT2D eigenvalue weighted by atomic mass is 14.9. The van der Waals surface area contributed by atoms with Crippen LogP contribution in [0.15, 0.2) is 140 Å². The van der Waals surface area contributed by atoms with Crippen LogP contribution >= 0.6 is 0 Å². The normalized spacial score (nSPS) is 12.9. The molecule has 0 unspecified atom stereocenters. The molecule has 0 fully saturated rings. The predicted molar refractivity (Wildman–Crippen MR) is 222 cm³/mol. The highest BCUT2D eigenvalue weighted by Gasteiger charge is 2.26. The Bertz CT molecular complexity index is 3030. The quantitative estimate of drug-likeness (QED) is 0.175. The van der Waals surface area contributed by atoms with Crippen molar-refractivity contribution >= 4 is 70.4 Å². The Kier molecular flexibility index (Phi) is 6.18. The van der Waals surface area contributed by atoms with Crippen molar-refractivity contribution < 1.29 is 0 Å². The lowest BCUT2D eigenvalue weighted by Gasteiger charge is -2.23. The molecule has 0 bridgehead atoms. The van der Waals surface area contributed by atoms with Gasteiger partial charge in [0.25, 0.3) is 0 Å². The molecule has 0 saturated heterocycles. The van der Waals surface area contributed by atoms with Crippen LogP contribution in [-0.2, 0) is 10.8 Å². The van der Waals surface area contributed by atoms with Crippen LogP contribution in [0.2, 0.25) is 0 Å². The highest BCUT2D eigenvalue weighted by molar-refractivity contribution is 6.33. The molecule has 3 aromatic heterocycles. The lowest BCUT2D eigenvalue weighted by atomic mass is 9.81. The maximum atomic E-state index is 2.62. The number of para-hydroxylation sites is 1. The Morgan fingerprint density at radius 2 is 0.608 bits per heavy atom. The van der Waals surface area contributed by atoms with Crippen molar-refractivity contribution in [3.05, 3.63) is 151 Å². The van der Waals surface area contributed by atoms with Crippen molar-refractivity contribution in [1.82, 2.24) is 4.40 Å². The molecule has 0 aliphatic rings. The minimum Gasteiger partial charge on any atom is -0.307 e. The number of hydrogen-bond acceptors (Lipinski definition) is 0. The molecule has 0 atom stereocenters. The van der Waals surface area contributed by atoms with E-state index < -0.39 is 0 Å². The van der Waals surface area contributed by atoms with E-state index in [9.17, 15) is 0 Å². The number of rotatable bonds is 2. The van der Waals surface area contributed by atoms with Gasteiger partial charge in [0.15, 0.2) is 0 Å². The molecule has 0 amide bonds. The van der Waals surface area contributed by atoms with Gasteiger partial charge < -0.3 is 4.40 Å².